The molecule has 51 heavy (non-hydrogen) atoms. The van der Waals surface area contributed by atoms with Crippen LogP contribution in [0.25, 0.3) is 0 Å². The largest absolute Gasteiger partial charge is 0.481 e. The molecule has 7 heteroatoms. The van der Waals surface area contributed by atoms with Crippen LogP contribution in [-0.2, 0) is 23.9 Å². The average Bonchev–Trinajstić information content (AvgIpc) is 3.29. The number of fused-ring (bicyclic) bond motifs is 7. The summed E-state index contributed by atoms with van der Waals surface area (Å²) >= 11 is 0. The van der Waals surface area contributed by atoms with Crippen molar-refractivity contribution in [2.24, 2.45) is 73.9 Å². The second-order valence-corrected chi connectivity index (χ2v) is 21.0. The molecule has 0 spiro atoms. The van der Waals surface area contributed by atoms with Crippen molar-refractivity contribution in [3.05, 3.63) is 11.1 Å². The molecule has 0 aromatic heterocycles. The second kappa shape index (κ2) is 12.2. The van der Waals surface area contributed by atoms with Crippen molar-refractivity contribution >= 4 is 23.6 Å². The molecule has 0 aliphatic heterocycles. The summed E-state index contributed by atoms with van der Waals surface area (Å²) in [5.41, 5.74) is 1.55. The van der Waals surface area contributed by atoms with Crippen molar-refractivity contribution in [2.75, 3.05) is 6.54 Å². The van der Waals surface area contributed by atoms with Crippen LogP contribution < -0.4 is 5.32 Å². The van der Waals surface area contributed by atoms with Crippen molar-refractivity contribution < 1.29 is 29.0 Å². The predicted molar refractivity (Wildman–Crippen MR) is 197 cm³/mol. The molecule has 7 aliphatic carbocycles. The molecule has 6 saturated carbocycles. The van der Waals surface area contributed by atoms with Gasteiger partial charge in [0, 0.05) is 30.2 Å². The van der Waals surface area contributed by atoms with E-state index in [0.29, 0.717) is 42.9 Å². The van der Waals surface area contributed by atoms with Gasteiger partial charge in [-0.25, -0.2) is 0 Å². The molecule has 0 heterocycles. The molecular formula is C44H67NO6. The Bertz CT molecular complexity index is 1520. The molecule has 0 bridgehead atoms. The van der Waals surface area contributed by atoms with Gasteiger partial charge in [0.15, 0.2) is 5.78 Å². The first-order chi connectivity index (χ1) is 23.7. The number of hydrogen-bond acceptors (Lipinski definition) is 5. The van der Waals surface area contributed by atoms with Gasteiger partial charge in [-0.15, -0.1) is 0 Å². The fourth-order valence-corrected chi connectivity index (χ4v) is 14.4. The Morgan fingerprint density at radius 3 is 2.14 bits per heavy atom. The van der Waals surface area contributed by atoms with Gasteiger partial charge < -0.3 is 15.2 Å². The fourth-order valence-electron chi connectivity index (χ4n) is 14.4. The summed E-state index contributed by atoms with van der Waals surface area (Å²) in [5.74, 6) is 0.562. The number of carbonyl (C=O) groups excluding carboxylic acids is 3. The first-order valence-corrected chi connectivity index (χ1v) is 20.7. The third-order valence-electron chi connectivity index (χ3n) is 17.9. The number of nitrogens with one attached hydrogen (secondary N) is 1. The number of allylic oxidation sites excluding steroid dienone is 2. The normalized spacial score (nSPS) is 43.9. The van der Waals surface area contributed by atoms with Crippen LogP contribution in [-0.4, -0.2) is 41.4 Å². The van der Waals surface area contributed by atoms with Crippen LogP contribution in [0.5, 0.6) is 0 Å². The summed E-state index contributed by atoms with van der Waals surface area (Å²) in [4.78, 5) is 52.9. The zero-order valence-electron chi connectivity index (χ0n) is 33.2. The predicted octanol–water partition coefficient (Wildman–Crippen LogP) is 8.93. The van der Waals surface area contributed by atoms with Crippen LogP contribution in [0.15, 0.2) is 11.1 Å². The van der Waals surface area contributed by atoms with Gasteiger partial charge in [0.1, 0.15) is 6.10 Å². The van der Waals surface area contributed by atoms with E-state index in [-0.39, 0.29) is 62.7 Å². The maximum Gasteiger partial charge on any atom is 0.309 e. The van der Waals surface area contributed by atoms with Gasteiger partial charge in [-0.2, -0.15) is 0 Å². The Labute approximate surface area is 307 Å². The average molecular weight is 706 g/mol. The number of Topliss-reactive ketones (excluding diaryl/α,β-unsaturated/α-hetero) is 1. The van der Waals surface area contributed by atoms with Gasteiger partial charge in [0.05, 0.1) is 11.8 Å². The van der Waals surface area contributed by atoms with E-state index in [1.54, 1.807) is 0 Å². The van der Waals surface area contributed by atoms with E-state index in [1.165, 1.54) is 24.8 Å². The molecule has 284 valence electrons. The highest BCUT2D eigenvalue weighted by Gasteiger charge is 2.70. The minimum atomic E-state index is -0.823. The van der Waals surface area contributed by atoms with Gasteiger partial charge in [-0.1, -0.05) is 74.3 Å². The number of hydrogen-bond donors (Lipinski definition) is 2. The molecule has 0 radical (unpaired) electrons. The number of carboxylic acid groups (broad SMARTS) is 1. The first-order valence-electron chi connectivity index (χ1n) is 20.7. The highest BCUT2D eigenvalue weighted by molar-refractivity contribution is 6.01. The highest BCUT2D eigenvalue weighted by Crippen LogP contribution is 2.77. The minimum Gasteiger partial charge on any atom is -0.481 e. The molecule has 2 N–H and O–H groups in total. The first kappa shape index (κ1) is 37.1. The monoisotopic (exact) mass is 705 g/mol. The zero-order valence-corrected chi connectivity index (χ0v) is 33.2. The van der Waals surface area contributed by atoms with Crippen LogP contribution in [0.2, 0.25) is 0 Å². The van der Waals surface area contributed by atoms with Crippen molar-refractivity contribution in [1.82, 2.24) is 5.32 Å². The molecule has 0 aromatic rings. The highest BCUT2D eigenvalue weighted by atomic mass is 16.5. The Morgan fingerprint density at radius 1 is 0.824 bits per heavy atom. The third kappa shape index (κ3) is 5.29. The van der Waals surface area contributed by atoms with Gasteiger partial charge in [0.2, 0.25) is 5.91 Å². The summed E-state index contributed by atoms with van der Waals surface area (Å²) < 4.78 is 6.41. The van der Waals surface area contributed by atoms with E-state index >= 15 is 0 Å². The molecule has 10 atom stereocenters. The van der Waals surface area contributed by atoms with Crippen LogP contribution >= 0.6 is 0 Å². The van der Waals surface area contributed by atoms with Crippen molar-refractivity contribution in [2.45, 2.75) is 158 Å². The molecule has 7 rings (SSSR count). The third-order valence-corrected chi connectivity index (χ3v) is 17.9. The Kier molecular flexibility index (Phi) is 8.86. The van der Waals surface area contributed by atoms with Gasteiger partial charge in [-0.05, 0) is 127 Å². The van der Waals surface area contributed by atoms with Gasteiger partial charge >= 0.3 is 11.9 Å². The Balaban J connectivity index is 1.13. The summed E-state index contributed by atoms with van der Waals surface area (Å²) in [6.45, 7) is 21.3. The van der Waals surface area contributed by atoms with E-state index in [0.717, 1.165) is 63.5 Å². The number of carboxylic acids is 1. The van der Waals surface area contributed by atoms with Crippen LogP contribution in [0.1, 0.15) is 152 Å². The zero-order chi connectivity index (χ0) is 37.1. The molecular weight excluding hydrogens is 638 g/mol. The molecule has 6 fully saturated rings. The number of carbonyl (C=O) groups is 4. The smallest absolute Gasteiger partial charge is 0.309 e. The maximum atomic E-state index is 13.9. The summed E-state index contributed by atoms with van der Waals surface area (Å²) in [5, 5.41) is 12.9. The lowest BCUT2D eigenvalue weighted by atomic mass is 9.33. The van der Waals surface area contributed by atoms with Crippen LogP contribution in [0.4, 0.5) is 0 Å². The lowest BCUT2D eigenvalue weighted by Gasteiger charge is -2.72. The number of amides is 1. The molecule has 0 saturated heterocycles. The second-order valence-electron chi connectivity index (χ2n) is 21.0. The Hall–Kier alpha value is -2.18. The summed E-state index contributed by atoms with van der Waals surface area (Å²) in [6, 6.07) is 0. The van der Waals surface area contributed by atoms with E-state index in [2.05, 4.69) is 53.8 Å². The standard InChI is InChI=1S/C44H67NO6/c1-25(2)35-30(46)22-44(23-34(47)45-24-26-11-10-12-26)20-19-42(8)27(36(35)44)13-14-32-41(7)17-16-33(40(5,6)31(41)15-18-43(32,42)9)51-38(50)29-21-28(37(48)49)39(29,3)4/h25-29,31-33H,10-24H2,1-9H3,(H,45,47)(H,48,49)/t27-,28+,29-,31+,32-,33+,41+,42-,43-,44+/m1/s1. The topological polar surface area (TPSA) is 110 Å². The number of aliphatic carboxylic acids is 1. The SMILES string of the molecule is CC(C)C1=C2[C@H]3CC[C@@H]4[C@@]5(C)CC[C@H](OC(=O)[C@H]6C[C@@H](C(=O)O)C6(C)C)C(C)(C)[C@@H]5CC[C@@]4(C)[C@]3(C)CC[C@@]2(CC(=O)NCC2CCC2)CC1=O. The van der Waals surface area contributed by atoms with Gasteiger partial charge in [-0.3, -0.25) is 19.2 Å². The van der Waals surface area contributed by atoms with Crippen LogP contribution in [0.3, 0.4) is 0 Å². The maximum absolute atomic E-state index is 13.9. The van der Waals surface area contributed by atoms with Crippen molar-refractivity contribution in [3.8, 4) is 0 Å². The van der Waals surface area contributed by atoms with Crippen LogP contribution in [0, 0.1) is 73.9 Å². The molecule has 0 aromatic carbocycles. The number of rotatable bonds is 8. The number of ether oxygens (including phenoxy) is 1. The van der Waals surface area contributed by atoms with E-state index in [4.69, 9.17) is 4.74 Å². The molecule has 7 nitrogen and oxygen atoms in total. The van der Waals surface area contributed by atoms with E-state index in [1.807, 2.05) is 13.8 Å². The minimum absolute atomic E-state index is 0.0415. The fraction of sp³-hybridized carbons (Fsp3) is 0.864. The lowest BCUT2D eigenvalue weighted by molar-refractivity contribution is -0.236. The summed E-state index contributed by atoms with van der Waals surface area (Å²) in [6.07, 6.45) is 13.1. The number of esters is 1. The molecule has 0 unspecified atom stereocenters. The Morgan fingerprint density at radius 2 is 1.53 bits per heavy atom. The quantitative estimate of drug-likeness (QED) is 0.244. The number of ketones is 1. The van der Waals surface area contributed by atoms with Gasteiger partial charge in [0.25, 0.3) is 0 Å². The van der Waals surface area contributed by atoms with Crippen molar-refractivity contribution in [1.29, 1.82) is 0 Å². The summed E-state index contributed by atoms with van der Waals surface area (Å²) in [7, 11) is 0. The molecule has 1 amide bonds. The van der Waals surface area contributed by atoms with Crippen molar-refractivity contribution in [3.63, 3.8) is 0 Å². The van der Waals surface area contributed by atoms with E-state index in [9.17, 15) is 24.3 Å². The van der Waals surface area contributed by atoms with E-state index < -0.39 is 17.3 Å². The lowest BCUT2D eigenvalue weighted by Crippen LogP contribution is -2.66. The molecule has 7 aliphatic rings.